The van der Waals surface area contributed by atoms with Crippen LogP contribution in [0.25, 0.3) is 0 Å². The quantitative estimate of drug-likeness (QED) is 0.352. The molecule has 0 spiro atoms. The van der Waals surface area contributed by atoms with Gasteiger partial charge in [-0.25, -0.2) is 0 Å². The van der Waals surface area contributed by atoms with Crippen molar-refractivity contribution in [2.45, 2.75) is 30.6 Å². The number of rotatable bonds is 10. The average molecular weight is 608 g/mol. The van der Waals surface area contributed by atoms with Gasteiger partial charge in [-0.1, -0.05) is 60.7 Å². The number of piperidine rings is 1. The highest BCUT2D eigenvalue weighted by molar-refractivity contribution is 5.96. The second kappa shape index (κ2) is 14.1. The fraction of sp³-hybridized carbons (Fsp3) is 0.412. The van der Waals surface area contributed by atoms with Crippen LogP contribution in [-0.4, -0.2) is 75.7 Å². The molecule has 0 aromatic heterocycles. The maximum atomic E-state index is 13.8. The molecule has 2 N–H and O–H groups in total. The SMILES string of the molecule is COc1cc(C(=O)N2CCC(CCN3CCC(C(N)=O)C(c4ccccc4)C3)(c3ccccc3)C2)cc(OC)c1OC.Cl. The number of hydrogen-bond donors (Lipinski definition) is 1. The maximum absolute atomic E-state index is 13.8. The van der Waals surface area contributed by atoms with E-state index >= 15 is 0 Å². The molecule has 0 bridgehead atoms. The van der Waals surface area contributed by atoms with Crippen LogP contribution in [0.4, 0.5) is 0 Å². The molecule has 3 aromatic rings. The summed E-state index contributed by atoms with van der Waals surface area (Å²) in [5.74, 6) is 1.02. The Morgan fingerprint density at radius 1 is 0.907 bits per heavy atom. The number of hydrogen-bond acceptors (Lipinski definition) is 6. The van der Waals surface area contributed by atoms with E-state index in [1.807, 2.05) is 29.2 Å². The van der Waals surface area contributed by atoms with Crippen molar-refractivity contribution in [3.63, 3.8) is 0 Å². The van der Waals surface area contributed by atoms with Gasteiger partial charge < -0.3 is 29.7 Å². The Kier molecular flexibility index (Phi) is 10.6. The second-order valence-corrected chi connectivity index (χ2v) is 11.4. The monoisotopic (exact) mass is 607 g/mol. The van der Waals surface area contributed by atoms with Crippen molar-refractivity contribution < 1.29 is 23.8 Å². The van der Waals surface area contributed by atoms with Gasteiger partial charge in [-0.3, -0.25) is 9.59 Å². The molecule has 43 heavy (non-hydrogen) atoms. The van der Waals surface area contributed by atoms with Crippen LogP contribution in [-0.2, 0) is 10.2 Å². The van der Waals surface area contributed by atoms with Crippen LogP contribution in [0.1, 0.15) is 46.7 Å². The van der Waals surface area contributed by atoms with E-state index in [9.17, 15) is 9.59 Å². The third-order valence-corrected chi connectivity index (χ3v) is 9.14. The van der Waals surface area contributed by atoms with Crippen molar-refractivity contribution in [3.05, 3.63) is 89.5 Å². The summed E-state index contributed by atoms with van der Waals surface area (Å²) in [6, 6.07) is 24.2. The first-order valence-electron chi connectivity index (χ1n) is 14.6. The van der Waals surface area contributed by atoms with E-state index in [0.29, 0.717) is 35.9 Å². The molecule has 2 saturated heterocycles. The van der Waals surface area contributed by atoms with Gasteiger partial charge >= 0.3 is 0 Å². The molecule has 2 amide bonds. The van der Waals surface area contributed by atoms with Crippen molar-refractivity contribution in [1.29, 1.82) is 0 Å². The second-order valence-electron chi connectivity index (χ2n) is 11.4. The van der Waals surface area contributed by atoms with Crippen molar-refractivity contribution in [1.82, 2.24) is 9.80 Å². The number of ether oxygens (including phenoxy) is 3. The van der Waals surface area contributed by atoms with Crippen LogP contribution in [0.15, 0.2) is 72.8 Å². The zero-order valence-electron chi connectivity index (χ0n) is 25.2. The zero-order valence-corrected chi connectivity index (χ0v) is 26.0. The highest BCUT2D eigenvalue weighted by atomic mass is 35.5. The molecule has 2 aliphatic heterocycles. The molecule has 3 unspecified atom stereocenters. The molecule has 3 aromatic carbocycles. The summed E-state index contributed by atoms with van der Waals surface area (Å²) in [5.41, 5.74) is 8.57. The fourth-order valence-electron chi connectivity index (χ4n) is 6.78. The third-order valence-electron chi connectivity index (χ3n) is 9.14. The summed E-state index contributed by atoms with van der Waals surface area (Å²) in [7, 11) is 4.65. The van der Waals surface area contributed by atoms with E-state index in [-0.39, 0.29) is 41.5 Å². The van der Waals surface area contributed by atoms with E-state index in [1.54, 1.807) is 33.5 Å². The Hall–Kier alpha value is -3.75. The molecule has 0 saturated carbocycles. The molecule has 3 atom stereocenters. The predicted octanol–water partition coefficient (Wildman–Crippen LogP) is 4.90. The molecule has 230 valence electrons. The van der Waals surface area contributed by atoms with Gasteiger partial charge in [-0.15, -0.1) is 12.4 Å². The van der Waals surface area contributed by atoms with Crippen molar-refractivity contribution >= 4 is 24.2 Å². The summed E-state index contributed by atoms with van der Waals surface area (Å²) in [5, 5.41) is 0. The number of nitrogens with two attached hydrogens (primary N) is 1. The molecule has 8 nitrogen and oxygen atoms in total. The lowest BCUT2D eigenvalue weighted by atomic mass is 9.76. The molecule has 9 heteroatoms. The molecule has 2 fully saturated rings. The smallest absolute Gasteiger partial charge is 0.254 e. The van der Waals surface area contributed by atoms with Gasteiger partial charge in [0.05, 0.1) is 21.3 Å². The molecule has 2 heterocycles. The van der Waals surface area contributed by atoms with E-state index in [0.717, 1.165) is 44.5 Å². The zero-order chi connectivity index (χ0) is 29.7. The van der Waals surface area contributed by atoms with Crippen molar-refractivity contribution in [3.8, 4) is 17.2 Å². The number of benzene rings is 3. The first kappa shape index (κ1) is 32.2. The van der Waals surface area contributed by atoms with Crippen LogP contribution >= 0.6 is 12.4 Å². The standard InChI is InChI=1S/C34H41N3O5.ClH/c1-40-29-20-25(21-30(41-2)31(29)42-3)33(39)37-19-16-34(23-37,26-12-8-5-9-13-26)15-18-36-17-14-27(32(35)38)28(22-36)24-10-6-4-7-11-24;/h4-13,20-21,27-28H,14-19,22-23H2,1-3H3,(H2,35,38);1H. The van der Waals surface area contributed by atoms with Crippen LogP contribution in [0, 0.1) is 5.92 Å². The lowest BCUT2D eigenvalue weighted by Gasteiger charge is -2.39. The Labute approximate surface area is 260 Å². The lowest BCUT2D eigenvalue weighted by Crippen LogP contribution is -2.45. The van der Waals surface area contributed by atoms with Crippen LogP contribution in [0.3, 0.4) is 0 Å². The predicted molar refractivity (Wildman–Crippen MR) is 170 cm³/mol. The first-order chi connectivity index (χ1) is 20.4. The number of methoxy groups -OCH3 is 3. The topological polar surface area (TPSA) is 94.3 Å². The van der Waals surface area contributed by atoms with Gasteiger partial charge in [-0.2, -0.15) is 0 Å². The Balaban J connectivity index is 0.00000423. The van der Waals surface area contributed by atoms with Gasteiger partial charge in [0.25, 0.3) is 5.91 Å². The number of halogens is 1. The molecule has 5 rings (SSSR count). The van der Waals surface area contributed by atoms with Crippen molar-refractivity contribution in [2.75, 3.05) is 54.1 Å². The number of nitrogens with zero attached hydrogens (tertiary/aromatic N) is 2. The minimum atomic E-state index is -0.221. The first-order valence-corrected chi connectivity index (χ1v) is 14.6. The van der Waals surface area contributed by atoms with Gasteiger partial charge in [0.1, 0.15) is 0 Å². The highest BCUT2D eigenvalue weighted by Gasteiger charge is 2.42. The minimum Gasteiger partial charge on any atom is -0.493 e. The van der Waals surface area contributed by atoms with Gasteiger partial charge in [-0.05, 0) is 55.6 Å². The summed E-state index contributed by atoms with van der Waals surface area (Å²) < 4.78 is 16.5. The largest absolute Gasteiger partial charge is 0.493 e. The summed E-state index contributed by atoms with van der Waals surface area (Å²) >= 11 is 0. The molecule has 0 aliphatic carbocycles. The Morgan fingerprint density at radius 2 is 1.53 bits per heavy atom. The van der Waals surface area contributed by atoms with Crippen LogP contribution in [0.2, 0.25) is 0 Å². The molecular formula is C34H42ClN3O5. The van der Waals surface area contributed by atoms with E-state index in [2.05, 4.69) is 41.3 Å². The minimum absolute atomic E-state index is 0. The van der Waals surface area contributed by atoms with Crippen LogP contribution in [0.5, 0.6) is 17.2 Å². The van der Waals surface area contributed by atoms with Crippen LogP contribution < -0.4 is 19.9 Å². The fourth-order valence-corrected chi connectivity index (χ4v) is 6.78. The van der Waals surface area contributed by atoms with Gasteiger partial charge in [0, 0.05) is 42.4 Å². The van der Waals surface area contributed by atoms with E-state index < -0.39 is 0 Å². The number of amides is 2. The number of carbonyl (C=O) groups excluding carboxylic acids is 2. The number of likely N-dealkylation sites (tertiary alicyclic amines) is 2. The normalized spacial score (nSPS) is 22.0. The number of primary amides is 1. The molecule has 0 radical (unpaired) electrons. The average Bonchev–Trinajstić information content (AvgIpc) is 3.49. The van der Waals surface area contributed by atoms with Crippen molar-refractivity contribution in [2.24, 2.45) is 11.7 Å². The third kappa shape index (κ3) is 6.76. The lowest BCUT2D eigenvalue weighted by molar-refractivity contribution is -0.124. The Bertz CT molecular complexity index is 1360. The maximum Gasteiger partial charge on any atom is 0.254 e. The summed E-state index contributed by atoms with van der Waals surface area (Å²) in [6.45, 7) is 3.76. The summed E-state index contributed by atoms with van der Waals surface area (Å²) in [4.78, 5) is 30.6. The molecule has 2 aliphatic rings. The van der Waals surface area contributed by atoms with E-state index in [1.165, 1.54) is 5.56 Å². The summed E-state index contributed by atoms with van der Waals surface area (Å²) in [6.07, 6.45) is 2.52. The van der Waals surface area contributed by atoms with Gasteiger partial charge in [0.2, 0.25) is 11.7 Å². The highest BCUT2D eigenvalue weighted by Crippen LogP contribution is 2.42. The number of carbonyl (C=O) groups is 2. The Morgan fingerprint density at radius 3 is 2.12 bits per heavy atom. The van der Waals surface area contributed by atoms with Gasteiger partial charge in [0.15, 0.2) is 11.5 Å². The molecular weight excluding hydrogens is 566 g/mol. The van der Waals surface area contributed by atoms with E-state index in [4.69, 9.17) is 19.9 Å².